The van der Waals surface area contributed by atoms with Crippen molar-refractivity contribution >= 4 is 16.6 Å². The first-order valence-corrected chi connectivity index (χ1v) is 4.43. The summed E-state index contributed by atoms with van der Waals surface area (Å²) in [6.07, 6.45) is 0. The second kappa shape index (κ2) is 2.51. The summed E-state index contributed by atoms with van der Waals surface area (Å²) < 4.78 is 1.77. The van der Waals surface area contributed by atoms with Crippen LogP contribution < -0.4 is 0 Å². The van der Waals surface area contributed by atoms with Crippen molar-refractivity contribution in [3.8, 4) is 0 Å². The molecule has 2 aromatic heterocycles. The molecule has 0 aliphatic heterocycles. The van der Waals surface area contributed by atoms with E-state index < -0.39 is 0 Å². The number of pyridine rings is 1. The Morgan fingerprint density at radius 2 is 2.07 bits per heavy atom. The minimum Gasteiger partial charge on any atom is -0.193 e. The summed E-state index contributed by atoms with van der Waals surface area (Å²) in [5.41, 5.74) is 3.04. The van der Waals surface area contributed by atoms with Gasteiger partial charge in [-0.3, -0.25) is 0 Å². The number of nitrogens with zero attached hydrogens (tertiary/aromatic N) is 4. The van der Waals surface area contributed by atoms with Crippen molar-refractivity contribution in [2.24, 2.45) is 0 Å². The third-order valence-corrected chi connectivity index (χ3v) is 2.39. The summed E-state index contributed by atoms with van der Waals surface area (Å²) in [6, 6.07) is 10.1. The molecule has 0 aliphatic rings. The van der Waals surface area contributed by atoms with Gasteiger partial charge in [-0.15, -0.1) is 5.10 Å². The fourth-order valence-corrected chi connectivity index (χ4v) is 1.73. The van der Waals surface area contributed by atoms with Crippen LogP contribution in [0.1, 0.15) is 5.56 Å². The molecular weight excluding hydrogens is 176 g/mol. The molecule has 0 unspecified atom stereocenters. The Hall–Kier alpha value is -1.97. The van der Waals surface area contributed by atoms with Crippen molar-refractivity contribution in [2.45, 2.75) is 6.92 Å². The SMILES string of the molecule is Cc1cccc2ccc3nnnn3c12. The van der Waals surface area contributed by atoms with Crippen molar-refractivity contribution in [2.75, 3.05) is 0 Å². The lowest BCUT2D eigenvalue weighted by atomic mass is 10.1. The zero-order chi connectivity index (χ0) is 9.54. The maximum atomic E-state index is 3.96. The van der Waals surface area contributed by atoms with Crippen molar-refractivity contribution in [3.05, 3.63) is 35.9 Å². The Morgan fingerprint density at radius 1 is 1.14 bits per heavy atom. The maximum Gasteiger partial charge on any atom is 0.179 e. The van der Waals surface area contributed by atoms with Crippen LogP contribution in [0.3, 0.4) is 0 Å². The summed E-state index contributed by atoms with van der Waals surface area (Å²) in [5.74, 6) is 0. The molecule has 3 rings (SSSR count). The van der Waals surface area contributed by atoms with Crippen molar-refractivity contribution < 1.29 is 0 Å². The summed E-state index contributed by atoms with van der Waals surface area (Å²) in [5, 5.41) is 12.7. The van der Waals surface area contributed by atoms with Crippen LogP contribution in [0.2, 0.25) is 0 Å². The molecule has 0 atom stereocenters. The van der Waals surface area contributed by atoms with E-state index in [1.54, 1.807) is 4.52 Å². The number of rotatable bonds is 0. The Labute approximate surface area is 80.2 Å². The lowest BCUT2D eigenvalue weighted by Crippen LogP contribution is -1.92. The molecular formula is C10H8N4. The second-order valence-corrected chi connectivity index (χ2v) is 3.29. The molecule has 0 bridgehead atoms. The van der Waals surface area contributed by atoms with E-state index in [9.17, 15) is 0 Å². The van der Waals surface area contributed by atoms with Gasteiger partial charge in [-0.2, -0.15) is 4.52 Å². The fourth-order valence-electron chi connectivity index (χ4n) is 1.73. The van der Waals surface area contributed by atoms with Crippen LogP contribution in [0, 0.1) is 6.92 Å². The van der Waals surface area contributed by atoms with E-state index in [-0.39, 0.29) is 0 Å². The zero-order valence-electron chi connectivity index (χ0n) is 7.68. The summed E-state index contributed by atoms with van der Waals surface area (Å²) >= 11 is 0. The molecule has 0 radical (unpaired) electrons. The van der Waals surface area contributed by atoms with Gasteiger partial charge in [0, 0.05) is 5.39 Å². The van der Waals surface area contributed by atoms with E-state index in [0.717, 1.165) is 16.6 Å². The highest BCUT2D eigenvalue weighted by molar-refractivity contribution is 5.84. The molecule has 2 heterocycles. The van der Waals surface area contributed by atoms with Gasteiger partial charge in [0.1, 0.15) is 0 Å². The number of tetrazole rings is 1. The molecule has 3 aromatic rings. The predicted molar refractivity (Wildman–Crippen MR) is 53.0 cm³/mol. The average Bonchev–Trinajstić information content (AvgIpc) is 2.65. The molecule has 14 heavy (non-hydrogen) atoms. The lowest BCUT2D eigenvalue weighted by Gasteiger charge is -2.02. The molecule has 4 heteroatoms. The van der Waals surface area contributed by atoms with Gasteiger partial charge in [-0.1, -0.05) is 18.2 Å². The number of para-hydroxylation sites is 1. The van der Waals surface area contributed by atoms with E-state index in [0.29, 0.717) is 0 Å². The topological polar surface area (TPSA) is 43.1 Å². The molecule has 68 valence electrons. The Kier molecular flexibility index (Phi) is 1.33. The van der Waals surface area contributed by atoms with Gasteiger partial charge in [0.25, 0.3) is 0 Å². The van der Waals surface area contributed by atoms with Gasteiger partial charge in [-0.25, -0.2) is 0 Å². The van der Waals surface area contributed by atoms with Crippen LogP contribution in [-0.4, -0.2) is 20.0 Å². The summed E-state index contributed by atoms with van der Waals surface area (Å²) in [4.78, 5) is 0. The van der Waals surface area contributed by atoms with Crippen LogP contribution >= 0.6 is 0 Å². The van der Waals surface area contributed by atoms with Gasteiger partial charge >= 0.3 is 0 Å². The second-order valence-electron chi connectivity index (χ2n) is 3.29. The third-order valence-electron chi connectivity index (χ3n) is 2.39. The van der Waals surface area contributed by atoms with E-state index in [4.69, 9.17) is 0 Å². The van der Waals surface area contributed by atoms with Crippen molar-refractivity contribution in [3.63, 3.8) is 0 Å². The Morgan fingerprint density at radius 3 is 3.00 bits per heavy atom. The first-order valence-electron chi connectivity index (χ1n) is 4.43. The molecule has 4 nitrogen and oxygen atoms in total. The fraction of sp³-hybridized carbons (Fsp3) is 0.100. The van der Waals surface area contributed by atoms with Crippen LogP contribution in [0.5, 0.6) is 0 Å². The number of aryl methyl sites for hydroxylation is 1. The van der Waals surface area contributed by atoms with Gasteiger partial charge < -0.3 is 0 Å². The monoisotopic (exact) mass is 184 g/mol. The lowest BCUT2D eigenvalue weighted by molar-refractivity contribution is 0.840. The molecule has 0 saturated carbocycles. The number of benzene rings is 1. The molecule has 0 aliphatic carbocycles. The van der Waals surface area contributed by atoms with Crippen molar-refractivity contribution in [1.29, 1.82) is 0 Å². The standard InChI is InChI=1S/C10H8N4/c1-7-3-2-4-8-5-6-9-11-12-13-14(9)10(7)8/h2-6H,1H3. The molecule has 1 aromatic carbocycles. The number of hydrogen-bond donors (Lipinski definition) is 0. The predicted octanol–water partition coefficient (Wildman–Crippen LogP) is 1.59. The molecule has 0 fully saturated rings. The van der Waals surface area contributed by atoms with E-state index in [1.807, 2.05) is 18.2 Å². The van der Waals surface area contributed by atoms with Crippen LogP contribution in [0.4, 0.5) is 0 Å². The van der Waals surface area contributed by atoms with E-state index in [2.05, 4.69) is 34.6 Å². The van der Waals surface area contributed by atoms with Crippen LogP contribution in [0.25, 0.3) is 16.6 Å². The summed E-state index contributed by atoms with van der Waals surface area (Å²) in [6.45, 7) is 2.06. The van der Waals surface area contributed by atoms with Gasteiger partial charge in [0.2, 0.25) is 0 Å². The molecule has 0 spiro atoms. The number of hydrogen-bond acceptors (Lipinski definition) is 3. The number of fused-ring (bicyclic) bond motifs is 3. The highest BCUT2D eigenvalue weighted by Gasteiger charge is 2.03. The van der Waals surface area contributed by atoms with Crippen LogP contribution in [-0.2, 0) is 0 Å². The van der Waals surface area contributed by atoms with Gasteiger partial charge in [0.15, 0.2) is 5.65 Å². The summed E-state index contributed by atoms with van der Waals surface area (Å²) in [7, 11) is 0. The molecule has 0 N–H and O–H groups in total. The molecule has 0 saturated heterocycles. The minimum absolute atomic E-state index is 0.784. The minimum atomic E-state index is 0.784. The Balaban J connectivity index is 2.67. The smallest absolute Gasteiger partial charge is 0.179 e. The van der Waals surface area contributed by atoms with Gasteiger partial charge in [-0.05, 0) is 35.0 Å². The van der Waals surface area contributed by atoms with Crippen LogP contribution in [0.15, 0.2) is 30.3 Å². The molecule has 0 amide bonds. The highest BCUT2D eigenvalue weighted by atomic mass is 15.5. The van der Waals surface area contributed by atoms with Gasteiger partial charge in [0.05, 0.1) is 5.52 Å². The largest absolute Gasteiger partial charge is 0.193 e. The first-order chi connectivity index (χ1) is 6.86. The normalized spacial score (nSPS) is 11.2. The number of aromatic nitrogens is 4. The van der Waals surface area contributed by atoms with E-state index in [1.165, 1.54) is 5.56 Å². The highest BCUT2D eigenvalue weighted by Crippen LogP contribution is 2.17. The Bertz CT molecular complexity index is 612. The maximum absolute atomic E-state index is 3.96. The zero-order valence-corrected chi connectivity index (χ0v) is 7.68. The van der Waals surface area contributed by atoms with E-state index >= 15 is 0 Å². The quantitative estimate of drug-likeness (QED) is 0.532. The third kappa shape index (κ3) is 0.849. The van der Waals surface area contributed by atoms with Crippen molar-refractivity contribution in [1.82, 2.24) is 20.0 Å². The first kappa shape index (κ1) is 7.44. The average molecular weight is 184 g/mol.